The van der Waals surface area contributed by atoms with E-state index in [-0.39, 0.29) is 13.2 Å². The largest absolute Gasteiger partial charge is 0.501 e. The van der Waals surface area contributed by atoms with Crippen LogP contribution in [-0.2, 0) is 19.1 Å². The highest BCUT2D eigenvalue weighted by atomic mass is 19.4. The quantitative estimate of drug-likeness (QED) is 0.424. The highest BCUT2D eigenvalue weighted by molar-refractivity contribution is 5.94. The van der Waals surface area contributed by atoms with E-state index in [1.165, 1.54) is 0 Å². The molecule has 0 spiro atoms. The molecule has 0 aromatic carbocycles. The first-order valence-electron chi connectivity index (χ1n) is 5.75. The van der Waals surface area contributed by atoms with Gasteiger partial charge in [0, 0.05) is 12.2 Å². The number of ether oxygens (including phenoxy) is 2. The van der Waals surface area contributed by atoms with Crippen molar-refractivity contribution in [3.05, 3.63) is 24.7 Å². The van der Waals surface area contributed by atoms with Gasteiger partial charge in [-0.25, -0.2) is 0 Å². The van der Waals surface area contributed by atoms with Gasteiger partial charge in [0.2, 0.25) is 0 Å². The fourth-order valence-electron chi connectivity index (χ4n) is 0.601. The SMILES string of the molecule is CCOC=CC(=O)C(F)(F)F.CCOC=CC(=O)C(F)(F)F. The first-order chi connectivity index (χ1) is 9.96. The number of carbonyl (C=O) groups excluding carboxylic acids is 2. The van der Waals surface area contributed by atoms with E-state index in [2.05, 4.69) is 9.47 Å². The van der Waals surface area contributed by atoms with E-state index in [9.17, 15) is 35.9 Å². The Bertz CT molecular complexity index is 357. The molecular formula is C12H14F6O4. The van der Waals surface area contributed by atoms with Crippen molar-refractivity contribution in [2.45, 2.75) is 26.2 Å². The van der Waals surface area contributed by atoms with Crippen molar-refractivity contribution < 1.29 is 45.4 Å². The molecular weight excluding hydrogens is 322 g/mol. The number of carbonyl (C=O) groups is 2. The van der Waals surface area contributed by atoms with E-state index in [1.54, 1.807) is 13.8 Å². The Hall–Kier alpha value is -2.00. The maximum atomic E-state index is 11.4. The van der Waals surface area contributed by atoms with Gasteiger partial charge in [-0.1, -0.05) is 0 Å². The lowest BCUT2D eigenvalue weighted by Crippen LogP contribution is -2.19. The monoisotopic (exact) mass is 336 g/mol. The summed E-state index contributed by atoms with van der Waals surface area (Å²) in [6.45, 7) is 3.67. The average molecular weight is 336 g/mol. The molecule has 10 heteroatoms. The average Bonchev–Trinajstić information content (AvgIpc) is 2.37. The van der Waals surface area contributed by atoms with Gasteiger partial charge >= 0.3 is 12.4 Å². The molecule has 0 radical (unpaired) electrons. The topological polar surface area (TPSA) is 52.6 Å². The van der Waals surface area contributed by atoms with Crippen LogP contribution >= 0.6 is 0 Å². The Morgan fingerprint density at radius 1 is 0.773 bits per heavy atom. The summed E-state index contributed by atoms with van der Waals surface area (Å²) in [4.78, 5) is 20.1. The van der Waals surface area contributed by atoms with Gasteiger partial charge in [0.25, 0.3) is 11.6 Å². The van der Waals surface area contributed by atoms with Crippen LogP contribution in [0, 0.1) is 0 Å². The number of hydrogen-bond donors (Lipinski definition) is 0. The van der Waals surface area contributed by atoms with E-state index >= 15 is 0 Å². The van der Waals surface area contributed by atoms with Crippen molar-refractivity contribution in [3.8, 4) is 0 Å². The number of halogens is 6. The third kappa shape index (κ3) is 13.0. The van der Waals surface area contributed by atoms with Crippen LogP contribution in [0.5, 0.6) is 0 Å². The van der Waals surface area contributed by atoms with E-state index < -0.39 is 23.9 Å². The molecule has 0 saturated heterocycles. The fraction of sp³-hybridized carbons (Fsp3) is 0.500. The van der Waals surface area contributed by atoms with Crippen molar-refractivity contribution in [2.75, 3.05) is 13.2 Å². The molecule has 0 unspecified atom stereocenters. The van der Waals surface area contributed by atoms with Crippen LogP contribution in [0.15, 0.2) is 24.7 Å². The summed E-state index contributed by atoms with van der Waals surface area (Å²) in [5, 5.41) is 0. The minimum Gasteiger partial charge on any atom is -0.501 e. The van der Waals surface area contributed by atoms with Crippen LogP contribution in [0.1, 0.15) is 13.8 Å². The van der Waals surface area contributed by atoms with Gasteiger partial charge in [-0.3, -0.25) is 9.59 Å². The number of alkyl halides is 6. The second-order valence-electron chi connectivity index (χ2n) is 3.24. The minimum absolute atomic E-state index is 0.238. The van der Waals surface area contributed by atoms with Crippen LogP contribution in [0.2, 0.25) is 0 Å². The molecule has 22 heavy (non-hydrogen) atoms. The maximum Gasteiger partial charge on any atom is 0.454 e. The standard InChI is InChI=1S/2C6H7F3O2/c2*1-2-11-4-3-5(10)6(7,8)9/h2*3-4H,2H2,1H3. The minimum atomic E-state index is -4.80. The Labute approximate surface area is 122 Å². The van der Waals surface area contributed by atoms with Gasteiger partial charge in [-0.2, -0.15) is 26.3 Å². The van der Waals surface area contributed by atoms with E-state index in [0.717, 1.165) is 12.5 Å². The second-order valence-corrected chi connectivity index (χ2v) is 3.24. The molecule has 0 rings (SSSR count). The Morgan fingerprint density at radius 3 is 1.23 bits per heavy atom. The van der Waals surface area contributed by atoms with Gasteiger partial charge in [0.1, 0.15) is 0 Å². The van der Waals surface area contributed by atoms with Gasteiger partial charge < -0.3 is 9.47 Å². The first kappa shape index (κ1) is 22.3. The summed E-state index contributed by atoms with van der Waals surface area (Å²) in [7, 11) is 0. The molecule has 0 aliphatic rings. The molecule has 0 atom stereocenters. The van der Waals surface area contributed by atoms with Crippen molar-refractivity contribution in [3.63, 3.8) is 0 Å². The lowest BCUT2D eigenvalue weighted by molar-refractivity contribution is -0.165. The zero-order chi connectivity index (χ0) is 17.8. The predicted molar refractivity (Wildman–Crippen MR) is 63.7 cm³/mol. The molecule has 0 heterocycles. The Kier molecular flexibility index (Phi) is 10.8. The van der Waals surface area contributed by atoms with E-state index in [4.69, 9.17) is 0 Å². The first-order valence-corrected chi connectivity index (χ1v) is 5.75. The molecule has 0 aliphatic carbocycles. The fourth-order valence-corrected chi connectivity index (χ4v) is 0.601. The number of ketones is 2. The third-order valence-corrected chi connectivity index (χ3v) is 1.52. The lowest BCUT2D eigenvalue weighted by Gasteiger charge is -1.98. The zero-order valence-electron chi connectivity index (χ0n) is 11.6. The van der Waals surface area contributed by atoms with Gasteiger partial charge in [-0.15, -0.1) is 0 Å². The van der Waals surface area contributed by atoms with Crippen molar-refractivity contribution in [1.82, 2.24) is 0 Å². The third-order valence-electron chi connectivity index (χ3n) is 1.52. The molecule has 0 aliphatic heterocycles. The van der Waals surface area contributed by atoms with Crippen LogP contribution in [0.25, 0.3) is 0 Å². The molecule has 0 saturated carbocycles. The van der Waals surface area contributed by atoms with E-state index in [0.29, 0.717) is 12.2 Å². The molecule has 0 bridgehead atoms. The number of rotatable bonds is 6. The molecule has 0 aromatic rings. The predicted octanol–water partition coefficient (Wildman–Crippen LogP) is 3.34. The van der Waals surface area contributed by atoms with Gasteiger partial charge in [0.05, 0.1) is 25.7 Å². The molecule has 128 valence electrons. The summed E-state index contributed by atoms with van der Waals surface area (Å²) in [6.07, 6.45) is -7.43. The van der Waals surface area contributed by atoms with Crippen molar-refractivity contribution in [1.29, 1.82) is 0 Å². The normalized spacial score (nSPS) is 12.0. The molecule has 4 nitrogen and oxygen atoms in total. The zero-order valence-corrected chi connectivity index (χ0v) is 11.6. The molecule has 0 N–H and O–H groups in total. The number of hydrogen-bond acceptors (Lipinski definition) is 4. The van der Waals surface area contributed by atoms with Crippen LogP contribution in [-0.4, -0.2) is 37.1 Å². The summed E-state index contributed by atoms with van der Waals surface area (Å²) >= 11 is 0. The highest BCUT2D eigenvalue weighted by Crippen LogP contribution is 2.16. The molecule has 0 fully saturated rings. The van der Waals surface area contributed by atoms with E-state index in [1.807, 2.05) is 0 Å². The van der Waals surface area contributed by atoms with Gasteiger partial charge in [-0.05, 0) is 13.8 Å². The maximum absolute atomic E-state index is 11.4. The van der Waals surface area contributed by atoms with Crippen molar-refractivity contribution in [2.24, 2.45) is 0 Å². The van der Waals surface area contributed by atoms with Crippen LogP contribution in [0.4, 0.5) is 26.3 Å². The van der Waals surface area contributed by atoms with Crippen LogP contribution in [0.3, 0.4) is 0 Å². The lowest BCUT2D eigenvalue weighted by atomic mass is 10.4. The summed E-state index contributed by atoms with van der Waals surface area (Å²) < 4.78 is 77.3. The number of allylic oxidation sites excluding steroid dienone is 2. The Balaban J connectivity index is 0. The van der Waals surface area contributed by atoms with Crippen molar-refractivity contribution >= 4 is 11.6 Å². The highest BCUT2D eigenvalue weighted by Gasteiger charge is 2.36. The Morgan fingerprint density at radius 2 is 1.05 bits per heavy atom. The van der Waals surface area contributed by atoms with Gasteiger partial charge in [0.15, 0.2) is 0 Å². The molecule has 0 aromatic heterocycles. The molecule has 0 amide bonds. The smallest absolute Gasteiger partial charge is 0.454 e. The summed E-state index contributed by atoms with van der Waals surface area (Å²) in [5.41, 5.74) is 0. The summed E-state index contributed by atoms with van der Waals surface area (Å²) in [6, 6.07) is 0. The summed E-state index contributed by atoms with van der Waals surface area (Å²) in [5.74, 6) is -3.82. The van der Waals surface area contributed by atoms with Crippen LogP contribution < -0.4 is 0 Å². The second kappa shape index (κ2) is 10.7.